The minimum absolute atomic E-state index is 0.0952. The number of rotatable bonds is 1. The smallest absolute Gasteiger partial charge is 0.399 e. The molecule has 98 valence electrons. The quantitative estimate of drug-likeness (QED) is 0.630. The molecule has 1 heterocycles. The molecule has 0 unspecified atom stereocenters. The Kier molecular flexibility index (Phi) is 3.12. The van der Waals surface area contributed by atoms with E-state index in [4.69, 9.17) is 26.6 Å². The predicted octanol–water partition coefficient (Wildman–Crippen LogP) is 2.36. The molecule has 2 rings (SSSR count). The van der Waals surface area contributed by atoms with Gasteiger partial charge in [-0.05, 0) is 33.8 Å². The average Bonchev–Trinajstić information content (AvgIpc) is 2.45. The number of benzene rings is 1. The maximum atomic E-state index is 14.0. The van der Waals surface area contributed by atoms with Crippen LogP contribution in [-0.4, -0.2) is 18.3 Å². The van der Waals surface area contributed by atoms with Gasteiger partial charge in [-0.3, -0.25) is 0 Å². The van der Waals surface area contributed by atoms with Crippen molar-refractivity contribution >= 4 is 29.9 Å². The van der Waals surface area contributed by atoms with Gasteiger partial charge in [-0.15, -0.1) is 0 Å². The summed E-state index contributed by atoms with van der Waals surface area (Å²) in [6, 6.07) is 3.09. The SMILES string of the molecule is CC1(C)OB(c2ccc(N)c(Cl)c2F)OC1(C)C. The summed E-state index contributed by atoms with van der Waals surface area (Å²) < 4.78 is 25.6. The second-order valence-corrected chi connectivity index (χ2v) is 5.84. The monoisotopic (exact) mass is 271 g/mol. The Morgan fingerprint density at radius 2 is 1.67 bits per heavy atom. The van der Waals surface area contributed by atoms with Crippen molar-refractivity contribution < 1.29 is 13.7 Å². The minimum atomic E-state index is -0.770. The lowest BCUT2D eigenvalue weighted by Crippen LogP contribution is -2.41. The molecule has 0 aromatic heterocycles. The maximum Gasteiger partial charge on any atom is 0.497 e. The number of nitrogens with two attached hydrogens (primary N) is 1. The largest absolute Gasteiger partial charge is 0.497 e. The molecule has 0 radical (unpaired) electrons. The molecule has 0 atom stereocenters. The summed E-state index contributed by atoms with van der Waals surface area (Å²) in [5.74, 6) is -0.588. The molecule has 3 nitrogen and oxygen atoms in total. The number of halogens is 2. The van der Waals surface area contributed by atoms with Crippen LogP contribution in [0.1, 0.15) is 27.7 Å². The van der Waals surface area contributed by atoms with Crippen LogP contribution in [0.15, 0.2) is 12.1 Å². The topological polar surface area (TPSA) is 44.5 Å². The molecule has 1 fully saturated rings. The van der Waals surface area contributed by atoms with E-state index in [2.05, 4.69) is 0 Å². The Bertz CT molecular complexity index is 477. The Hall–Kier alpha value is -0.775. The summed E-state index contributed by atoms with van der Waals surface area (Å²) in [6.45, 7) is 7.63. The van der Waals surface area contributed by atoms with E-state index < -0.39 is 24.1 Å². The van der Waals surface area contributed by atoms with Gasteiger partial charge in [-0.1, -0.05) is 17.7 Å². The fourth-order valence-corrected chi connectivity index (χ4v) is 1.90. The van der Waals surface area contributed by atoms with E-state index in [-0.39, 0.29) is 16.2 Å². The molecule has 0 bridgehead atoms. The molecule has 1 saturated heterocycles. The summed E-state index contributed by atoms with van der Waals surface area (Å²) >= 11 is 5.79. The van der Waals surface area contributed by atoms with Crippen molar-refractivity contribution in [1.29, 1.82) is 0 Å². The Morgan fingerprint density at radius 3 is 2.17 bits per heavy atom. The molecular weight excluding hydrogens is 255 g/mol. The number of anilines is 1. The summed E-state index contributed by atoms with van der Waals surface area (Å²) in [5.41, 5.74) is 4.98. The first-order valence-electron chi connectivity index (χ1n) is 5.75. The standard InChI is InChI=1S/C12H16BClFNO2/c1-11(2)12(3,4)18-13(17-11)7-5-6-8(16)9(14)10(7)15/h5-6H,16H2,1-4H3. The van der Waals surface area contributed by atoms with Gasteiger partial charge in [-0.25, -0.2) is 4.39 Å². The highest BCUT2D eigenvalue weighted by Gasteiger charge is 2.52. The van der Waals surface area contributed by atoms with Crippen LogP contribution in [0.25, 0.3) is 0 Å². The Labute approximate surface area is 112 Å². The first-order chi connectivity index (χ1) is 8.16. The molecule has 1 aromatic rings. The van der Waals surface area contributed by atoms with E-state index in [1.54, 1.807) is 12.1 Å². The van der Waals surface area contributed by atoms with Crippen molar-refractivity contribution in [3.8, 4) is 0 Å². The van der Waals surface area contributed by atoms with E-state index in [1.807, 2.05) is 27.7 Å². The third kappa shape index (κ3) is 2.00. The molecule has 1 aliphatic rings. The maximum absolute atomic E-state index is 14.0. The van der Waals surface area contributed by atoms with Crippen molar-refractivity contribution in [1.82, 2.24) is 0 Å². The number of hydrogen-bond donors (Lipinski definition) is 1. The highest BCUT2D eigenvalue weighted by atomic mass is 35.5. The van der Waals surface area contributed by atoms with Gasteiger partial charge in [0.1, 0.15) is 5.82 Å². The molecule has 6 heteroatoms. The van der Waals surface area contributed by atoms with Crippen LogP contribution in [0, 0.1) is 5.82 Å². The van der Waals surface area contributed by atoms with Gasteiger partial charge in [0.05, 0.1) is 21.9 Å². The lowest BCUT2D eigenvalue weighted by molar-refractivity contribution is 0.00578. The van der Waals surface area contributed by atoms with Crippen LogP contribution in [0.2, 0.25) is 5.02 Å². The second kappa shape index (κ2) is 4.12. The predicted molar refractivity (Wildman–Crippen MR) is 71.5 cm³/mol. The van der Waals surface area contributed by atoms with E-state index in [0.29, 0.717) is 0 Å². The average molecular weight is 272 g/mol. The molecular formula is C12H16BClFNO2. The van der Waals surface area contributed by atoms with Gasteiger partial charge in [0, 0.05) is 5.46 Å². The first-order valence-corrected chi connectivity index (χ1v) is 6.12. The van der Waals surface area contributed by atoms with Crippen molar-refractivity contribution in [2.24, 2.45) is 0 Å². The van der Waals surface area contributed by atoms with Gasteiger partial charge in [0.15, 0.2) is 0 Å². The van der Waals surface area contributed by atoms with Crippen LogP contribution >= 0.6 is 11.6 Å². The third-order valence-electron chi connectivity index (χ3n) is 3.65. The highest BCUT2D eigenvalue weighted by molar-refractivity contribution is 6.62. The zero-order valence-electron chi connectivity index (χ0n) is 10.9. The van der Waals surface area contributed by atoms with E-state index >= 15 is 0 Å². The molecule has 0 saturated carbocycles. The number of hydrogen-bond acceptors (Lipinski definition) is 3. The van der Waals surface area contributed by atoms with Crippen LogP contribution in [0.5, 0.6) is 0 Å². The zero-order valence-corrected chi connectivity index (χ0v) is 11.6. The molecule has 0 amide bonds. The summed E-state index contributed by atoms with van der Waals surface area (Å²) in [7, 11) is -0.770. The minimum Gasteiger partial charge on any atom is -0.399 e. The van der Waals surface area contributed by atoms with Gasteiger partial charge in [0.2, 0.25) is 0 Å². The highest BCUT2D eigenvalue weighted by Crippen LogP contribution is 2.37. The third-order valence-corrected chi connectivity index (χ3v) is 4.03. The van der Waals surface area contributed by atoms with Crippen LogP contribution in [0.4, 0.5) is 10.1 Å². The Balaban J connectivity index is 2.39. The van der Waals surface area contributed by atoms with Crippen LogP contribution < -0.4 is 11.2 Å². The molecule has 0 spiro atoms. The fourth-order valence-electron chi connectivity index (χ4n) is 1.73. The van der Waals surface area contributed by atoms with E-state index in [1.165, 1.54) is 0 Å². The van der Waals surface area contributed by atoms with Gasteiger partial charge < -0.3 is 15.0 Å². The molecule has 1 aliphatic heterocycles. The van der Waals surface area contributed by atoms with Gasteiger partial charge in [0.25, 0.3) is 0 Å². The summed E-state index contributed by atoms with van der Waals surface area (Å²) in [6.07, 6.45) is 0. The van der Waals surface area contributed by atoms with Crippen molar-refractivity contribution in [3.05, 3.63) is 23.0 Å². The van der Waals surface area contributed by atoms with Crippen molar-refractivity contribution in [3.63, 3.8) is 0 Å². The second-order valence-electron chi connectivity index (χ2n) is 5.46. The molecule has 0 aliphatic carbocycles. The van der Waals surface area contributed by atoms with Gasteiger partial charge >= 0.3 is 7.12 Å². The first kappa shape index (κ1) is 13.7. The van der Waals surface area contributed by atoms with E-state index in [0.717, 1.165) is 0 Å². The van der Waals surface area contributed by atoms with Crippen molar-refractivity contribution in [2.75, 3.05) is 5.73 Å². The lowest BCUT2D eigenvalue weighted by Gasteiger charge is -2.32. The molecule has 1 aromatic carbocycles. The molecule has 18 heavy (non-hydrogen) atoms. The normalized spacial score (nSPS) is 21.3. The molecule has 2 N–H and O–H groups in total. The van der Waals surface area contributed by atoms with E-state index in [9.17, 15) is 4.39 Å². The fraction of sp³-hybridized carbons (Fsp3) is 0.500. The summed E-state index contributed by atoms with van der Waals surface area (Å²) in [4.78, 5) is 0. The van der Waals surface area contributed by atoms with Crippen molar-refractivity contribution in [2.45, 2.75) is 38.9 Å². The Morgan fingerprint density at radius 1 is 1.17 bits per heavy atom. The summed E-state index contributed by atoms with van der Waals surface area (Å²) in [5, 5.41) is -0.0952. The number of nitrogen functional groups attached to an aromatic ring is 1. The van der Waals surface area contributed by atoms with Crippen LogP contribution in [-0.2, 0) is 9.31 Å². The van der Waals surface area contributed by atoms with Gasteiger partial charge in [-0.2, -0.15) is 0 Å². The lowest BCUT2D eigenvalue weighted by atomic mass is 9.78. The zero-order chi connectivity index (χ0) is 13.7. The van der Waals surface area contributed by atoms with Crippen LogP contribution in [0.3, 0.4) is 0 Å².